The first kappa shape index (κ1) is 17.4. The molecule has 0 spiro atoms. The third kappa shape index (κ3) is 3.63. The highest BCUT2D eigenvalue weighted by atomic mass is 35.5. The van der Waals surface area contributed by atoms with Gasteiger partial charge >= 0.3 is 0 Å². The zero-order chi connectivity index (χ0) is 17.3. The third-order valence-electron chi connectivity index (χ3n) is 5.15. The van der Waals surface area contributed by atoms with Crippen LogP contribution < -0.4 is 10.6 Å². The lowest BCUT2D eigenvalue weighted by atomic mass is 9.85. The Morgan fingerprint density at radius 1 is 1.33 bits per heavy atom. The van der Waals surface area contributed by atoms with Crippen LogP contribution in [0.2, 0.25) is 5.28 Å². The van der Waals surface area contributed by atoms with Crippen molar-refractivity contribution in [3.8, 4) is 0 Å². The Bertz CT molecular complexity index is 629. The first-order valence-corrected chi connectivity index (χ1v) is 9.08. The first-order chi connectivity index (χ1) is 11.4. The molecule has 2 aliphatic carbocycles. The first-order valence-electron chi connectivity index (χ1n) is 8.70. The van der Waals surface area contributed by atoms with E-state index in [4.69, 9.17) is 11.6 Å². The number of nitrogens with one attached hydrogen (secondary N) is 2. The van der Waals surface area contributed by atoms with Crippen molar-refractivity contribution in [2.75, 3.05) is 5.32 Å². The van der Waals surface area contributed by atoms with Crippen LogP contribution in [0.1, 0.15) is 57.6 Å². The largest absolute Gasteiger partial charge is 0.365 e. The van der Waals surface area contributed by atoms with Crippen molar-refractivity contribution in [3.63, 3.8) is 0 Å². The maximum atomic E-state index is 14.0. The van der Waals surface area contributed by atoms with Crippen LogP contribution in [0.3, 0.4) is 0 Å². The molecule has 24 heavy (non-hydrogen) atoms. The summed E-state index contributed by atoms with van der Waals surface area (Å²) >= 11 is 5.78. The molecule has 2 aliphatic rings. The van der Waals surface area contributed by atoms with Crippen LogP contribution >= 0.6 is 11.6 Å². The second-order valence-electron chi connectivity index (χ2n) is 7.11. The van der Waals surface area contributed by atoms with Crippen molar-refractivity contribution in [3.05, 3.63) is 16.8 Å². The number of rotatable bonds is 7. The number of carbonyl (C=O) groups excluding carboxylic acids is 1. The van der Waals surface area contributed by atoms with Gasteiger partial charge in [-0.1, -0.05) is 19.8 Å². The number of amides is 1. The molecule has 1 heterocycles. The molecular formula is C17H24ClFN4O. The summed E-state index contributed by atoms with van der Waals surface area (Å²) in [5.41, 5.74) is 0.131. The fourth-order valence-corrected chi connectivity index (χ4v) is 3.47. The van der Waals surface area contributed by atoms with Gasteiger partial charge in [-0.15, -0.1) is 0 Å². The summed E-state index contributed by atoms with van der Waals surface area (Å²) in [6.07, 6.45) is 6.79. The minimum absolute atomic E-state index is 0.0344. The monoisotopic (exact) mass is 354 g/mol. The highest BCUT2D eigenvalue weighted by Crippen LogP contribution is 2.50. The number of unbranched alkanes of at least 4 members (excludes halogenated alkanes) is 1. The van der Waals surface area contributed by atoms with Gasteiger partial charge in [-0.2, -0.15) is 4.98 Å². The Hall–Kier alpha value is -1.43. The number of aromatic nitrogens is 2. The van der Waals surface area contributed by atoms with Crippen molar-refractivity contribution in [2.45, 2.75) is 70.9 Å². The number of hydrogen-bond acceptors (Lipinski definition) is 4. The van der Waals surface area contributed by atoms with Gasteiger partial charge in [0.15, 0.2) is 11.6 Å². The molecule has 0 radical (unpaired) electrons. The van der Waals surface area contributed by atoms with Gasteiger partial charge in [0.2, 0.25) is 11.2 Å². The number of aryl methyl sites for hydroxylation is 1. The normalized spacial score (nSPS) is 24.2. The third-order valence-corrected chi connectivity index (χ3v) is 5.32. The van der Waals surface area contributed by atoms with E-state index < -0.39 is 5.82 Å². The Morgan fingerprint density at radius 2 is 2.04 bits per heavy atom. The molecule has 1 aromatic rings. The number of hydrogen-bond donors (Lipinski definition) is 2. The summed E-state index contributed by atoms with van der Waals surface area (Å²) in [6, 6.07) is 0.261. The van der Waals surface area contributed by atoms with Crippen LogP contribution in [0.5, 0.6) is 0 Å². The molecule has 1 aromatic heterocycles. The van der Waals surface area contributed by atoms with E-state index in [0.29, 0.717) is 0 Å². The lowest BCUT2D eigenvalue weighted by Gasteiger charge is -2.37. The van der Waals surface area contributed by atoms with Crippen LogP contribution in [0.4, 0.5) is 10.2 Å². The van der Waals surface area contributed by atoms with Crippen molar-refractivity contribution >= 4 is 23.3 Å². The van der Waals surface area contributed by atoms with Crippen molar-refractivity contribution in [1.29, 1.82) is 0 Å². The molecule has 0 aromatic carbocycles. The van der Waals surface area contributed by atoms with Crippen LogP contribution in [0.25, 0.3) is 0 Å². The van der Waals surface area contributed by atoms with Gasteiger partial charge in [0, 0.05) is 17.5 Å². The molecule has 2 fully saturated rings. The SMILES string of the molecule is CCCCC1(C(=O)NC2CC(Nc3nc(Cl)nc(C)c3F)C2)CC1. The van der Waals surface area contributed by atoms with Gasteiger partial charge in [-0.25, -0.2) is 9.37 Å². The number of nitrogens with zero attached hydrogens (tertiary/aromatic N) is 2. The molecule has 2 N–H and O–H groups in total. The fourth-order valence-electron chi connectivity index (χ4n) is 3.26. The summed E-state index contributed by atoms with van der Waals surface area (Å²) in [6.45, 7) is 3.71. The van der Waals surface area contributed by atoms with Gasteiger partial charge in [-0.3, -0.25) is 4.79 Å². The molecule has 132 valence electrons. The topological polar surface area (TPSA) is 66.9 Å². The second-order valence-corrected chi connectivity index (χ2v) is 7.45. The van der Waals surface area contributed by atoms with Crippen molar-refractivity contribution in [1.82, 2.24) is 15.3 Å². The molecule has 5 nitrogen and oxygen atoms in total. The Balaban J connectivity index is 1.47. The summed E-state index contributed by atoms with van der Waals surface area (Å²) in [5, 5.41) is 6.24. The average Bonchev–Trinajstić information content (AvgIpc) is 3.28. The highest BCUT2D eigenvalue weighted by Gasteiger charge is 2.49. The maximum Gasteiger partial charge on any atom is 0.226 e. The quantitative estimate of drug-likeness (QED) is 0.734. The molecule has 0 saturated heterocycles. The molecule has 1 amide bonds. The highest BCUT2D eigenvalue weighted by molar-refractivity contribution is 6.28. The van der Waals surface area contributed by atoms with Crippen LogP contribution in [-0.4, -0.2) is 28.0 Å². The Morgan fingerprint density at radius 3 is 2.67 bits per heavy atom. The van der Waals surface area contributed by atoms with Gasteiger partial charge in [0.05, 0.1) is 5.69 Å². The zero-order valence-corrected chi connectivity index (χ0v) is 14.9. The summed E-state index contributed by atoms with van der Waals surface area (Å²) < 4.78 is 14.0. The molecule has 7 heteroatoms. The fraction of sp³-hybridized carbons (Fsp3) is 0.706. The van der Waals surface area contributed by atoms with Crippen LogP contribution in [-0.2, 0) is 4.79 Å². The average molecular weight is 355 g/mol. The van der Waals surface area contributed by atoms with E-state index in [1.807, 2.05) is 0 Å². The Kier molecular flexibility index (Phi) is 4.95. The van der Waals surface area contributed by atoms with E-state index in [1.54, 1.807) is 6.92 Å². The number of carbonyl (C=O) groups is 1. The Labute approximate surface area is 146 Å². The molecule has 3 rings (SSSR count). The van der Waals surface area contributed by atoms with Crippen LogP contribution in [0.15, 0.2) is 0 Å². The van der Waals surface area contributed by atoms with Gasteiger partial charge in [0.1, 0.15) is 0 Å². The molecule has 0 unspecified atom stereocenters. The van der Waals surface area contributed by atoms with Gasteiger partial charge < -0.3 is 10.6 Å². The molecule has 0 aliphatic heterocycles. The van der Waals surface area contributed by atoms with E-state index in [1.165, 1.54) is 0 Å². The summed E-state index contributed by atoms with van der Waals surface area (Å²) in [5.74, 6) is -0.126. The molecule has 0 bridgehead atoms. The predicted molar refractivity (Wildman–Crippen MR) is 91.5 cm³/mol. The van der Waals surface area contributed by atoms with Gasteiger partial charge in [0.25, 0.3) is 0 Å². The maximum absolute atomic E-state index is 14.0. The zero-order valence-electron chi connectivity index (χ0n) is 14.2. The van der Waals surface area contributed by atoms with Gasteiger partial charge in [-0.05, 0) is 50.6 Å². The minimum atomic E-state index is -0.469. The number of anilines is 1. The van der Waals surface area contributed by atoms with E-state index >= 15 is 0 Å². The molecule has 0 atom stereocenters. The van der Waals surface area contributed by atoms with Crippen LogP contribution in [0, 0.1) is 18.2 Å². The van der Waals surface area contributed by atoms with E-state index in [2.05, 4.69) is 27.5 Å². The summed E-state index contributed by atoms with van der Waals surface area (Å²) in [4.78, 5) is 20.1. The lowest BCUT2D eigenvalue weighted by molar-refractivity contribution is -0.128. The van der Waals surface area contributed by atoms with Crippen molar-refractivity contribution < 1.29 is 9.18 Å². The van der Waals surface area contributed by atoms with Crippen molar-refractivity contribution in [2.24, 2.45) is 5.41 Å². The summed E-state index contributed by atoms with van der Waals surface area (Å²) in [7, 11) is 0. The molecular weight excluding hydrogens is 331 g/mol. The van der Waals surface area contributed by atoms with E-state index in [9.17, 15) is 9.18 Å². The standard InChI is InChI=1S/C17H24ClFN4O/c1-3-4-5-17(6-7-17)15(24)22-12-8-11(9-12)21-14-13(19)10(2)20-16(18)23-14/h11-12H,3-9H2,1-2H3,(H,22,24)(H,20,21,23). The van der Waals surface area contributed by atoms with E-state index in [0.717, 1.165) is 44.9 Å². The van der Waals surface area contributed by atoms with E-state index in [-0.39, 0.29) is 40.2 Å². The smallest absolute Gasteiger partial charge is 0.226 e. The lowest BCUT2D eigenvalue weighted by Crippen LogP contribution is -2.51. The minimum Gasteiger partial charge on any atom is -0.365 e. The predicted octanol–water partition coefficient (Wildman–Crippen LogP) is 3.61. The second kappa shape index (κ2) is 6.82. The molecule has 2 saturated carbocycles. The number of halogens is 2.